The molecule has 2 aromatic rings. The van der Waals surface area contributed by atoms with E-state index in [0.29, 0.717) is 27.2 Å². The van der Waals surface area contributed by atoms with Crippen LogP contribution in [-0.2, 0) is 0 Å². The maximum atomic E-state index is 11.7. The van der Waals surface area contributed by atoms with Crippen LogP contribution in [0.2, 0.25) is 0 Å². The number of carbonyl (C=O) groups excluding carboxylic acids is 1. The summed E-state index contributed by atoms with van der Waals surface area (Å²) in [6.45, 7) is 1.54. The van der Waals surface area contributed by atoms with Crippen molar-refractivity contribution in [1.29, 1.82) is 0 Å². The second kappa shape index (κ2) is 5.92. The van der Waals surface area contributed by atoms with Crippen LogP contribution in [0.4, 0.5) is 5.13 Å². The molecular weight excluding hydrogens is 276 g/mol. The molecule has 5 nitrogen and oxygen atoms in total. The van der Waals surface area contributed by atoms with Crippen molar-refractivity contribution in [3.63, 3.8) is 0 Å². The van der Waals surface area contributed by atoms with E-state index in [9.17, 15) is 4.79 Å². The van der Waals surface area contributed by atoms with Gasteiger partial charge >= 0.3 is 0 Å². The molecule has 0 saturated carbocycles. The number of thiazole rings is 1. The van der Waals surface area contributed by atoms with Crippen LogP contribution >= 0.6 is 11.3 Å². The molecule has 0 aliphatic rings. The van der Waals surface area contributed by atoms with Crippen LogP contribution in [0.5, 0.6) is 11.5 Å². The van der Waals surface area contributed by atoms with Gasteiger partial charge in [-0.15, -0.1) is 0 Å². The minimum atomic E-state index is -0.00575. The summed E-state index contributed by atoms with van der Waals surface area (Å²) in [6, 6.07) is 5.48. The monoisotopic (exact) mass is 292 g/mol. The standard InChI is InChI=1S/C14H16N2O3S/c1-8(17)13-12(16-14(15-2)20-13)9-5-6-10(18-3)11(7-9)19-4/h5-7H,1-4H3,(H,15,16). The highest BCUT2D eigenvalue weighted by atomic mass is 32.1. The Morgan fingerprint density at radius 2 is 1.95 bits per heavy atom. The Hall–Kier alpha value is -2.08. The van der Waals surface area contributed by atoms with E-state index < -0.39 is 0 Å². The molecule has 106 valence electrons. The third kappa shape index (κ3) is 2.60. The average Bonchev–Trinajstić information content (AvgIpc) is 2.91. The molecule has 1 aromatic carbocycles. The molecule has 0 aliphatic heterocycles. The number of ketones is 1. The van der Waals surface area contributed by atoms with E-state index in [1.165, 1.54) is 18.3 Å². The van der Waals surface area contributed by atoms with Gasteiger partial charge in [0.1, 0.15) is 0 Å². The van der Waals surface area contributed by atoms with E-state index in [0.717, 1.165) is 5.56 Å². The number of ether oxygens (including phenoxy) is 2. The first-order chi connectivity index (χ1) is 9.60. The van der Waals surface area contributed by atoms with Gasteiger partial charge in [0, 0.05) is 19.5 Å². The Bertz CT molecular complexity index is 637. The normalized spacial score (nSPS) is 10.2. The van der Waals surface area contributed by atoms with Crippen LogP contribution in [-0.4, -0.2) is 32.0 Å². The zero-order chi connectivity index (χ0) is 14.7. The Kier molecular flexibility index (Phi) is 4.24. The number of nitrogens with zero attached hydrogens (tertiary/aromatic N) is 1. The number of hydrogen-bond acceptors (Lipinski definition) is 6. The van der Waals surface area contributed by atoms with E-state index in [4.69, 9.17) is 9.47 Å². The van der Waals surface area contributed by atoms with Crippen LogP contribution in [0, 0.1) is 0 Å². The van der Waals surface area contributed by atoms with E-state index in [1.54, 1.807) is 27.3 Å². The summed E-state index contributed by atoms with van der Waals surface area (Å²) < 4.78 is 10.5. The smallest absolute Gasteiger partial charge is 0.183 e. The number of rotatable bonds is 5. The number of hydrogen-bond donors (Lipinski definition) is 1. The molecule has 0 atom stereocenters. The molecule has 0 spiro atoms. The van der Waals surface area contributed by atoms with Gasteiger partial charge in [-0.3, -0.25) is 4.79 Å². The molecule has 0 amide bonds. The fourth-order valence-electron chi connectivity index (χ4n) is 1.84. The van der Waals surface area contributed by atoms with Crippen LogP contribution in [0.25, 0.3) is 11.3 Å². The summed E-state index contributed by atoms with van der Waals surface area (Å²) in [5, 5.41) is 3.67. The van der Waals surface area contributed by atoms with Crippen LogP contribution in [0.15, 0.2) is 18.2 Å². The van der Waals surface area contributed by atoms with Crippen LogP contribution in [0.1, 0.15) is 16.6 Å². The molecule has 6 heteroatoms. The third-order valence-corrected chi connectivity index (χ3v) is 3.99. The second-order valence-electron chi connectivity index (χ2n) is 4.07. The molecule has 0 fully saturated rings. The lowest BCUT2D eigenvalue weighted by atomic mass is 10.1. The quantitative estimate of drug-likeness (QED) is 0.858. The summed E-state index contributed by atoms with van der Waals surface area (Å²) in [5.41, 5.74) is 1.48. The van der Waals surface area contributed by atoms with Gasteiger partial charge in [0.15, 0.2) is 22.4 Å². The number of aromatic nitrogens is 1. The molecule has 1 N–H and O–H groups in total. The summed E-state index contributed by atoms with van der Waals surface area (Å²) in [7, 11) is 4.94. The predicted octanol–water partition coefficient (Wildman–Crippen LogP) is 3.07. The first kappa shape index (κ1) is 14.3. The highest BCUT2D eigenvalue weighted by Gasteiger charge is 2.17. The maximum absolute atomic E-state index is 11.7. The Morgan fingerprint density at radius 3 is 2.50 bits per heavy atom. The molecular formula is C14H16N2O3S. The molecule has 1 heterocycles. The van der Waals surface area contributed by atoms with Crippen molar-refractivity contribution in [2.75, 3.05) is 26.6 Å². The van der Waals surface area contributed by atoms with Gasteiger partial charge in [0.05, 0.1) is 24.8 Å². The first-order valence-electron chi connectivity index (χ1n) is 6.02. The second-order valence-corrected chi connectivity index (χ2v) is 5.07. The lowest BCUT2D eigenvalue weighted by molar-refractivity contribution is 0.102. The predicted molar refractivity (Wildman–Crippen MR) is 80.2 cm³/mol. The lowest BCUT2D eigenvalue weighted by Gasteiger charge is -2.09. The van der Waals surface area contributed by atoms with Crippen molar-refractivity contribution < 1.29 is 14.3 Å². The summed E-state index contributed by atoms with van der Waals surface area (Å²) in [4.78, 5) is 16.8. The van der Waals surface area contributed by atoms with Crippen LogP contribution in [0.3, 0.4) is 0 Å². The van der Waals surface area contributed by atoms with Gasteiger partial charge in [-0.25, -0.2) is 4.98 Å². The number of methoxy groups -OCH3 is 2. The van der Waals surface area contributed by atoms with Crippen molar-refractivity contribution in [2.45, 2.75) is 6.92 Å². The van der Waals surface area contributed by atoms with Crippen molar-refractivity contribution in [3.8, 4) is 22.8 Å². The SMILES string of the molecule is CNc1nc(-c2ccc(OC)c(OC)c2)c(C(C)=O)s1. The summed E-state index contributed by atoms with van der Waals surface area (Å²) >= 11 is 1.34. The molecule has 20 heavy (non-hydrogen) atoms. The molecule has 2 rings (SSSR count). The fourth-order valence-corrected chi connectivity index (χ4v) is 2.68. The van der Waals surface area contributed by atoms with Crippen molar-refractivity contribution in [1.82, 2.24) is 4.98 Å². The maximum Gasteiger partial charge on any atom is 0.183 e. The molecule has 0 saturated heterocycles. The average molecular weight is 292 g/mol. The topological polar surface area (TPSA) is 60.5 Å². The number of benzene rings is 1. The highest BCUT2D eigenvalue weighted by Crippen LogP contribution is 2.36. The number of anilines is 1. The van der Waals surface area contributed by atoms with Gasteiger partial charge in [0.25, 0.3) is 0 Å². The Labute approximate surface area is 121 Å². The van der Waals surface area contributed by atoms with Crippen LogP contribution < -0.4 is 14.8 Å². The molecule has 0 unspecified atom stereocenters. The van der Waals surface area contributed by atoms with Gasteiger partial charge in [-0.2, -0.15) is 0 Å². The van der Waals surface area contributed by atoms with E-state index in [1.807, 2.05) is 12.1 Å². The largest absolute Gasteiger partial charge is 0.493 e. The third-order valence-electron chi connectivity index (χ3n) is 2.82. The molecule has 0 aliphatic carbocycles. The Morgan fingerprint density at radius 1 is 1.25 bits per heavy atom. The molecule has 0 radical (unpaired) electrons. The van der Waals surface area contributed by atoms with Crippen molar-refractivity contribution in [2.24, 2.45) is 0 Å². The summed E-state index contributed by atoms with van der Waals surface area (Å²) in [6.07, 6.45) is 0. The summed E-state index contributed by atoms with van der Waals surface area (Å²) in [5.74, 6) is 1.25. The first-order valence-corrected chi connectivity index (χ1v) is 6.84. The lowest BCUT2D eigenvalue weighted by Crippen LogP contribution is -1.94. The van der Waals surface area contributed by atoms with E-state index in [-0.39, 0.29) is 5.78 Å². The number of Topliss-reactive ketones (excluding diaryl/α,β-unsaturated/α-hetero) is 1. The minimum absolute atomic E-state index is 0.00575. The molecule has 0 bridgehead atoms. The van der Waals surface area contributed by atoms with Gasteiger partial charge in [0.2, 0.25) is 0 Å². The van der Waals surface area contributed by atoms with Crippen molar-refractivity contribution in [3.05, 3.63) is 23.1 Å². The highest BCUT2D eigenvalue weighted by molar-refractivity contribution is 7.18. The van der Waals surface area contributed by atoms with E-state index in [2.05, 4.69) is 10.3 Å². The number of nitrogens with one attached hydrogen (secondary N) is 1. The van der Waals surface area contributed by atoms with Crippen molar-refractivity contribution >= 4 is 22.3 Å². The van der Waals surface area contributed by atoms with Gasteiger partial charge < -0.3 is 14.8 Å². The van der Waals surface area contributed by atoms with Gasteiger partial charge in [-0.1, -0.05) is 11.3 Å². The fraction of sp³-hybridized carbons (Fsp3) is 0.286. The zero-order valence-corrected chi connectivity index (χ0v) is 12.6. The zero-order valence-electron chi connectivity index (χ0n) is 11.8. The number of carbonyl (C=O) groups is 1. The minimum Gasteiger partial charge on any atom is -0.493 e. The molecule has 1 aromatic heterocycles. The Balaban J connectivity index is 2.56. The van der Waals surface area contributed by atoms with Gasteiger partial charge in [-0.05, 0) is 18.2 Å². The van der Waals surface area contributed by atoms with E-state index >= 15 is 0 Å².